The van der Waals surface area contributed by atoms with Crippen molar-refractivity contribution < 1.29 is 23.1 Å². The highest BCUT2D eigenvalue weighted by molar-refractivity contribution is 6.31. The van der Waals surface area contributed by atoms with Gasteiger partial charge in [-0.05, 0) is 24.6 Å². The Bertz CT molecular complexity index is 1160. The molecule has 31 heavy (non-hydrogen) atoms. The first-order valence-electron chi connectivity index (χ1n) is 9.13. The van der Waals surface area contributed by atoms with E-state index in [4.69, 9.17) is 11.6 Å². The summed E-state index contributed by atoms with van der Waals surface area (Å²) < 4.78 is 33.8. The summed E-state index contributed by atoms with van der Waals surface area (Å²) in [6, 6.07) is 11.0. The highest BCUT2D eigenvalue weighted by Gasteiger charge is 2.18. The summed E-state index contributed by atoms with van der Waals surface area (Å²) in [5, 5.41) is 6.99. The molecule has 0 aliphatic heterocycles. The van der Waals surface area contributed by atoms with Crippen LogP contribution in [0.15, 0.2) is 48.5 Å². The van der Waals surface area contributed by atoms with Crippen molar-refractivity contribution in [1.82, 2.24) is 9.78 Å². The molecule has 160 valence electrons. The van der Waals surface area contributed by atoms with E-state index in [1.54, 1.807) is 11.6 Å². The van der Waals surface area contributed by atoms with Crippen LogP contribution in [0.25, 0.3) is 6.08 Å². The molecular weight excluding hydrogens is 428 g/mol. The average molecular weight is 446 g/mol. The molecule has 2 aromatic carbocycles. The molecule has 1 N–H and O–H groups in total. The number of methoxy groups -OCH3 is 1. The third-order valence-electron chi connectivity index (χ3n) is 4.41. The van der Waals surface area contributed by atoms with Crippen LogP contribution in [-0.2, 0) is 16.1 Å². The standard InChI is InChI=1S/C22H18ClF2N3O3/c1-13-15(21(23)28(27-13)12-14-6-4-3-5-7-14)8-9-20(29)26-19-10-16(22(30)31-2)17(24)11-18(19)25/h3-11H,12H2,1-2H3,(H,26,29)/b9-8+. The molecule has 1 amide bonds. The summed E-state index contributed by atoms with van der Waals surface area (Å²) in [5.74, 6) is -3.81. The molecular formula is C22H18ClF2N3O3. The third kappa shape index (κ3) is 5.16. The quantitative estimate of drug-likeness (QED) is 0.444. The fourth-order valence-corrected chi connectivity index (χ4v) is 3.16. The van der Waals surface area contributed by atoms with E-state index >= 15 is 0 Å². The summed E-state index contributed by atoms with van der Waals surface area (Å²) in [6.07, 6.45) is 2.59. The summed E-state index contributed by atoms with van der Waals surface area (Å²) >= 11 is 6.40. The normalized spacial score (nSPS) is 11.0. The molecule has 0 atom stereocenters. The molecule has 3 rings (SSSR count). The Hall–Kier alpha value is -3.52. The van der Waals surface area contributed by atoms with Crippen LogP contribution < -0.4 is 5.32 Å². The fraction of sp³-hybridized carbons (Fsp3) is 0.136. The molecule has 3 aromatic rings. The van der Waals surface area contributed by atoms with Crippen molar-refractivity contribution in [1.29, 1.82) is 0 Å². The van der Waals surface area contributed by atoms with E-state index in [-0.39, 0.29) is 5.69 Å². The second-order valence-electron chi connectivity index (χ2n) is 6.56. The number of aryl methyl sites for hydroxylation is 1. The van der Waals surface area contributed by atoms with Gasteiger partial charge in [0.2, 0.25) is 5.91 Å². The number of hydrogen-bond donors (Lipinski definition) is 1. The van der Waals surface area contributed by atoms with Crippen LogP contribution in [0.1, 0.15) is 27.2 Å². The van der Waals surface area contributed by atoms with Gasteiger partial charge in [-0.25, -0.2) is 18.3 Å². The highest BCUT2D eigenvalue weighted by Crippen LogP contribution is 2.23. The highest BCUT2D eigenvalue weighted by atomic mass is 35.5. The van der Waals surface area contributed by atoms with Gasteiger partial charge in [0.15, 0.2) is 0 Å². The van der Waals surface area contributed by atoms with Crippen LogP contribution in [0.4, 0.5) is 14.5 Å². The lowest BCUT2D eigenvalue weighted by molar-refractivity contribution is -0.111. The number of nitrogens with zero attached hydrogens (tertiary/aromatic N) is 2. The Labute approximate surface area is 182 Å². The van der Waals surface area contributed by atoms with E-state index < -0.39 is 29.1 Å². The molecule has 9 heteroatoms. The number of benzene rings is 2. The Morgan fingerprint density at radius 1 is 1.19 bits per heavy atom. The fourth-order valence-electron chi connectivity index (χ4n) is 2.86. The van der Waals surface area contributed by atoms with Gasteiger partial charge in [-0.15, -0.1) is 0 Å². The van der Waals surface area contributed by atoms with Gasteiger partial charge in [0, 0.05) is 17.7 Å². The first-order valence-corrected chi connectivity index (χ1v) is 9.51. The second kappa shape index (κ2) is 9.53. The molecule has 0 aliphatic carbocycles. The molecule has 0 fully saturated rings. The van der Waals surface area contributed by atoms with Crippen LogP contribution in [0.2, 0.25) is 5.15 Å². The zero-order valence-corrected chi connectivity index (χ0v) is 17.4. The summed E-state index contributed by atoms with van der Waals surface area (Å²) in [4.78, 5) is 23.8. The van der Waals surface area contributed by atoms with Crippen molar-refractivity contribution in [2.75, 3.05) is 12.4 Å². The van der Waals surface area contributed by atoms with Gasteiger partial charge in [0.25, 0.3) is 0 Å². The lowest BCUT2D eigenvalue weighted by Gasteiger charge is -2.07. The number of ether oxygens (including phenoxy) is 1. The van der Waals surface area contributed by atoms with E-state index in [2.05, 4.69) is 15.2 Å². The van der Waals surface area contributed by atoms with Crippen LogP contribution in [0.5, 0.6) is 0 Å². The summed E-state index contributed by atoms with van der Waals surface area (Å²) in [6.45, 7) is 2.20. The largest absolute Gasteiger partial charge is 0.465 e. The minimum absolute atomic E-state index is 0.339. The van der Waals surface area contributed by atoms with Gasteiger partial charge in [0.1, 0.15) is 16.8 Å². The van der Waals surface area contributed by atoms with Gasteiger partial charge >= 0.3 is 5.97 Å². The Kier molecular flexibility index (Phi) is 6.81. The molecule has 0 bridgehead atoms. The van der Waals surface area contributed by atoms with Crippen molar-refractivity contribution >= 4 is 35.2 Å². The summed E-state index contributed by atoms with van der Waals surface area (Å²) in [7, 11) is 1.07. The molecule has 0 spiro atoms. The SMILES string of the molecule is COC(=O)c1cc(NC(=O)/C=C/c2c(C)nn(Cc3ccccc3)c2Cl)c(F)cc1F. The zero-order chi connectivity index (χ0) is 22.5. The van der Waals surface area contributed by atoms with E-state index in [9.17, 15) is 18.4 Å². The Morgan fingerprint density at radius 3 is 2.58 bits per heavy atom. The number of nitrogens with one attached hydrogen (secondary N) is 1. The molecule has 1 aromatic heterocycles. The maximum absolute atomic E-state index is 14.0. The van der Waals surface area contributed by atoms with Crippen molar-refractivity contribution in [3.63, 3.8) is 0 Å². The molecule has 0 aliphatic rings. The number of carbonyl (C=O) groups excluding carboxylic acids is 2. The number of hydrogen-bond acceptors (Lipinski definition) is 4. The topological polar surface area (TPSA) is 73.2 Å². The minimum Gasteiger partial charge on any atom is -0.465 e. The van der Waals surface area contributed by atoms with Crippen molar-refractivity contribution in [2.24, 2.45) is 0 Å². The smallest absolute Gasteiger partial charge is 0.340 e. The predicted octanol–water partition coefficient (Wildman–Crippen LogP) is 4.61. The number of carbonyl (C=O) groups is 2. The summed E-state index contributed by atoms with van der Waals surface area (Å²) in [5.41, 5.74) is 1.28. The number of rotatable bonds is 6. The molecule has 0 saturated heterocycles. The first kappa shape index (κ1) is 22.2. The van der Waals surface area contributed by atoms with Crippen LogP contribution in [-0.4, -0.2) is 28.8 Å². The molecule has 0 radical (unpaired) electrons. The lowest BCUT2D eigenvalue weighted by Crippen LogP contribution is -2.12. The van der Waals surface area contributed by atoms with Gasteiger partial charge in [0.05, 0.1) is 30.6 Å². The van der Waals surface area contributed by atoms with Crippen molar-refractivity contribution in [3.8, 4) is 0 Å². The average Bonchev–Trinajstić information content (AvgIpc) is 3.01. The number of amides is 1. The number of halogens is 3. The Balaban J connectivity index is 1.77. The van der Waals surface area contributed by atoms with E-state index in [0.29, 0.717) is 29.0 Å². The van der Waals surface area contributed by atoms with E-state index in [1.165, 1.54) is 6.08 Å². The lowest BCUT2D eigenvalue weighted by atomic mass is 10.1. The van der Waals surface area contributed by atoms with Crippen molar-refractivity contribution in [2.45, 2.75) is 13.5 Å². The van der Waals surface area contributed by atoms with Crippen LogP contribution in [0.3, 0.4) is 0 Å². The third-order valence-corrected chi connectivity index (χ3v) is 4.80. The molecule has 0 unspecified atom stereocenters. The van der Waals surface area contributed by atoms with E-state index in [0.717, 1.165) is 24.8 Å². The van der Waals surface area contributed by atoms with Gasteiger partial charge < -0.3 is 10.1 Å². The Morgan fingerprint density at radius 2 is 1.90 bits per heavy atom. The van der Waals surface area contributed by atoms with Gasteiger partial charge in [-0.3, -0.25) is 4.79 Å². The second-order valence-corrected chi connectivity index (χ2v) is 6.92. The van der Waals surface area contributed by atoms with Crippen molar-refractivity contribution in [3.05, 3.63) is 87.7 Å². The van der Waals surface area contributed by atoms with Crippen LogP contribution >= 0.6 is 11.6 Å². The van der Waals surface area contributed by atoms with Gasteiger partial charge in [-0.2, -0.15) is 5.10 Å². The predicted molar refractivity (Wildman–Crippen MR) is 113 cm³/mol. The minimum atomic E-state index is -1.09. The first-order chi connectivity index (χ1) is 14.8. The maximum Gasteiger partial charge on any atom is 0.340 e. The monoisotopic (exact) mass is 445 g/mol. The number of aromatic nitrogens is 2. The van der Waals surface area contributed by atoms with Crippen LogP contribution in [0, 0.1) is 18.6 Å². The molecule has 6 nitrogen and oxygen atoms in total. The maximum atomic E-state index is 14.0. The van der Waals surface area contributed by atoms with E-state index in [1.807, 2.05) is 30.3 Å². The van der Waals surface area contributed by atoms with Gasteiger partial charge in [-0.1, -0.05) is 41.9 Å². The molecule has 0 saturated carbocycles. The number of esters is 1. The number of anilines is 1. The zero-order valence-electron chi connectivity index (χ0n) is 16.7. The molecule has 1 heterocycles.